The summed E-state index contributed by atoms with van der Waals surface area (Å²) in [5, 5.41) is 6.10. The van der Waals surface area contributed by atoms with Crippen molar-refractivity contribution in [1.29, 1.82) is 0 Å². The molecule has 0 bridgehead atoms. The highest BCUT2D eigenvalue weighted by Crippen LogP contribution is 2.25. The fourth-order valence-corrected chi connectivity index (χ4v) is 2.57. The van der Waals surface area contributed by atoms with Gasteiger partial charge in [0, 0.05) is 15.4 Å². The molecule has 1 saturated heterocycles. The Hall–Kier alpha value is -0.940. The van der Waals surface area contributed by atoms with Crippen LogP contribution in [0.15, 0.2) is 20.8 Å². The van der Waals surface area contributed by atoms with E-state index < -0.39 is 0 Å². The smallest absolute Gasteiger partial charge is 0.254 e. The van der Waals surface area contributed by atoms with Gasteiger partial charge in [0.25, 0.3) is 5.91 Å². The zero-order valence-electron chi connectivity index (χ0n) is 7.04. The first-order valence-electron chi connectivity index (χ1n) is 3.93. The first-order valence-corrected chi connectivity index (χ1v) is 5.67. The molecule has 0 saturated carbocycles. The Bertz CT molecular complexity index is 436. The Morgan fingerprint density at radius 2 is 2.21 bits per heavy atom. The van der Waals surface area contributed by atoms with Crippen molar-refractivity contribution in [1.82, 2.24) is 5.32 Å². The molecule has 2 heterocycles. The number of nitrogens with one attached hydrogen (secondary N) is 1. The Labute approximate surface area is 92.9 Å². The number of imide groups is 1. The third kappa shape index (κ3) is 1.78. The van der Waals surface area contributed by atoms with E-state index in [1.807, 2.05) is 10.8 Å². The van der Waals surface area contributed by atoms with Crippen LogP contribution < -0.4 is 5.32 Å². The predicted molar refractivity (Wildman–Crippen MR) is 57.8 cm³/mol. The van der Waals surface area contributed by atoms with E-state index in [9.17, 15) is 9.59 Å². The standard InChI is InChI=1S/C9H6BrNO2S/c10-7-4-14-3-6(7)1-5-2-8(12)11-9(5)13/h1,3-4H,2H2,(H,11,12,13)/b5-1-. The second-order valence-corrected chi connectivity index (χ2v) is 4.50. The molecule has 2 rings (SSSR count). The minimum Gasteiger partial charge on any atom is -0.292 e. The van der Waals surface area contributed by atoms with Crippen LogP contribution in [-0.2, 0) is 9.59 Å². The lowest BCUT2D eigenvalue weighted by Gasteiger charge is -1.91. The molecule has 1 aromatic heterocycles. The summed E-state index contributed by atoms with van der Waals surface area (Å²) in [5.41, 5.74) is 1.46. The van der Waals surface area contributed by atoms with Crippen LogP contribution in [0.1, 0.15) is 12.0 Å². The van der Waals surface area contributed by atoms with Gasteiger partial charge in [-0.3, -0.25) is 14.9 Å². The van der Waals surface area contributed by atoms with Gasteiger partial charge >= 0.3 is 0 Å². The summed E-state index contributed by atoms with van der Waals surface area (Å²) in [6.07, 6.45) is 1.92. The lowest BCUT2D eigenvalue weighted by Crippen LogP contribution is -2.19. The lowest BCUT2D eigenvalue weighted by molar-refractivity contribution is -0.124. The van der Waals surface area contributed by atoms with Gasteiger partial charge in [-0.1, -0.05) is 0 Å². The van der Waals surface area contributed by atoms with Gasteiger partial charge in [0.15, 0.2) is 0 Å². The van der Waals surface area contributed by atoms with E-state index in [2.05, 4.69) is 21.2 Å². The van der Waals surface area contributed by atoms with E-state index in [0.29, 0.717) is 5.57 Å². The Balaban J connectivity index is 2.32. The molecule has 0 spiro atoms. The third-order valence-electron chi connectivity index (χ3n) is 1.87. The maximum atomic E-state index is 11.2. The minimum atomic E-state index is -0.284. The zero-order valence-corrected chi connectivity index (χ0v) is 9.44. The molecule has 0 radical (unpaired) electrons. The average Bonchev–Trinajstić information content (AvgIpc) is 2.62. The lowest BCUT2D eigenvalue weighted by atomic mass is 10.1. The molecule has 0 aromatic carbocycles. The minimum absolute atomic E-state index is 0.182. The van der Waals surface area contributed by atoms with Crippen LogP contribution >= 0.6 is 27.3 Å². The van der Waals surface area contributed by atoms with Crippen LogP contribution in [0.4, 0.5) is 0 Å². The van der Waals surface area contributed by atoms with Crippen LogP contribution in [0, 0.1) is 0 Å². The van der Waals surface area contributed by atoms with Crippen molar-refractivity contribution in [3.05, 3.63) is 26.4 Å². The molecule has 0 unspecified atom stereocenters. The summed E-state index contributed by atoms with van der Waals surface area (Å²) in [7, 11) is 0. The molecule has 1 aromatic rings. The van der Waals surface area contributed by atoms with Gasteiger partial charge in [-0.2, -0.15) is 11.3 Å². The van der Waals surface area contributed by atoms with Gasteiger partial charge in [0.1, 0.15) is 0 Å². The molecule has 1 fully saturated rings. The van der Waals surface area contributed by atoms with Crippen LogP contribution in [0.2, 0.25) is 0 Å². The second-order valence-electron chi connectivity index (χ2n) is 2.90. The van der Waals surface area contributed by atoms with Crippen molar-refractivity contribution < 1.29 is 9.59 Å². The highest BCUT2D eigenvalue weighted by molar-refractivity contribution is 9.10. The Morgan fingerprint density at radius 1 is 1.43 bits per heavy atom. The van der Waals surface area contributed by atoms with E-state index in [1.54, 1.807) is 17.4 Å². The van der Waals surface area contributed by atoms with Gasteiger partial charge in [0.05, 0.1) is 6.42 Å². The van der Waals surface area contributed by atoms with Gasteiger partial charge in [-0.05, 0) is 32.9 Å². The maximum Gasteiger partial charge on any atom is 0.254 e. The number of thiophene rings is 1. The molecule has 1 N–H and O–H groups in total. The Kier molecular flexibility index (Phi) is 2.52. The normalized spacial score (nSPS) is 19.1. The molecule has 1 aliphatic rings. The van der Waals surface area contributed by atoms with Crippen molar-refractivity contribution in [2.24, 2.45) is 0 Å². The summed E-state index contributed by atoms with van der Waals surface area (Å²) in [6, 6.07) is 0. The molecule has 3 nitrogen and oxygen atoms in total. The molecule has 0 atom stereocenters. The SMILES string of the molecule is O=C1C/C(=C/c2cscc2Br)C(=O)N1. The number of carbonyl (C=O) groups excluding carboxylic acids is 2. The van der Waals surface area contributed by atoms with Crippen LogP contribution in [0.25, 0.3) is 6.08 Å². The van der Waals surface area contributed by atoms with Crippen LogP contribution in [0.3, 0.4) is 0 Å². The fourth-order valence-electron chi connectivity index (χ4n) is 1.20. The van der Waals surface area contributed by atoms with E-state index in [4.69, 9.17) is 0 Å². The van der Waals surface area contributed by atoms with Crippen molar-refractivity contribution in [2.75, 3.05) is 0 Å². The summed E-state index contributed by atoms with van der Waals surface area (Å²) in [5.74, 6) is -0.513. The first kappa shape index (κ1) is 9.61. The van der Waals surface area contributed by atoms with Gasteiger partial charge in [-0.25, -0.2) is 0 Å². The topological polar surface area (TPSA) is 46.2 Å². The van der Waals surface area contributed by atoms with Crippen LogP contribution in [-0.4, -0.2) is 11.8 Å². The number of carbonyl (C=O) groups is 2. The average molecular weight is 272 g/mol. The van der Waals surface area contributed by atoms with Gasteiger partial charge < -0.3 is 0 Å². The molecule has 0 aliphatic carbocycles. The molecule has 2 amide bonds. The molecule has 5 heteroatoms. The monoisotopic (exact) mass is 271 g/mol. The highest BCUT2D eigenvalue weighted by Gasteiger charge is 2.23. The maximum absolute atomic E-state index is 11.2. The Morgan fingerprint density at radius 3 is 2.71 bits per heavy atom. The first-order chi connectivity index (χ1) is 6.66. The quantitative estimate of drug-likeness (QED) is 0.627. The number of halogens is 1. The number of rotatable bonds is 1. The largest absolute Gasteiger partial charge is 0.292 e. The predicted octanol–water partition coefficient (Wildman–Crippen LogP) is 1.94. The summed E-state index contributed by atoms with van der Waals surface area (Å²) in [4.78, 5) is 22.1. The summed E-state index contributed by atoms with van der Waals surface area (Å²) in [6.45, 7) is 0. The second kappa shape index (κ2) is 3.67. The zero-order chi connectivity index (χ0) is 10.1. The van der Waals surface area contributed by atoms with E-state index in [1.165, 1.54) is 0 Å². The third-order valence-corrected chi connectivity index (χ3v) is 3.62. The summed E-state index contributed by atoms with van der Waals surface area (Å²) < 4.78 is 0.946. The number of amides is 2. The van der Waals surface area contributed by atoms with Crippen molar-refractivity contribution in [3.8, 4) is 0 Å². The van der Waals surface area contributed by atoms with Crippen LogP contribution in [0.5, 0.6) is 0 Å². The molecule has 14 heavy (non-hydrogen) atoms. The molecular formula is C9H6BrNO2S. The number of hydrogen-bond donors (Lipinski definition) is 1. The van der Waals surface area contributed by atoms with Crippen molar-refractivity contribution >= 4 is 45.2 Å². The van der Waals surface area contributed by atoms with Crippen molar-refractivity contribution in [3.63, 3.8) is 0 Å². The number of hydrogen-bond acceptors (Lipinski definition) is 3. The van der Waals surface area contributed by atoms with E-state index in [0.717, 1.165) is 10.0 Å². The van der Waals surface area contributed by atoms with E-state index >= 15 is 0 Å². The fraction of sp³-hybridized carbons (Fsp3) is 0.111. The molecule has 72 valence electrons. The van der Waals surface area contributed by atoms with Crippen molar-refractivity contribution in [2.45, 2.75) is 6.42 Å². The van der Waals surface area contributed by atoms with Gasteiger partial charge in [0.2, 0.25) is 5.91 Å². The highest BCUT2D eigenvalue weighted by atomic mass is 79.9. The molecular weight excluding hydrogens is 266 g/mol. The summed E-state index contributed by atoms with van der Waals surface area (Å²) >= 11 is 4.90. The molecule has 1 aliphatic heterocycles. The van der Waals surface area contributed by atoms with E-state index in [-0.39, 0.29) is 18.2 Å². The van der Waals surface area contributed by atoms with Gasteiger partial charge in [-0.15, -0.1) is 0 Å².